The van der Waals surface area contributed by atoms with Gasteiger partial charge in [-0.3, -0.25) is 9.90 Å². The molecule has 0 radical (unpaired) electrons. The average Bonchev–Trinajstić information content (AvgIpc) is 2.75. The van der Waals surface area contributed by atoms with Gasteiger partial charge in [0.05, 0.1) is 6.10 Å². The molecule has 1 fully saturated rings. The van der Waals surface area contributed by atoms with Crippen molar-refractivity contribution in [3.63, 3.8) is 0 Å². The van der Waals surface area contributed by atoms with Crippen molar-refractivity contribution in [3.05, 3.63) is 24.9 Å². The van der Waals surface area contributed by atoms with Crippen molar-refractivity contribution >= 4 is 0 Å². The van der Waals surface area contributed by atoms with Gasteiger partial charge in [-0.1, -0.05) is 18.7 Å². The Morgan fingerprint density at radius 1 is 1.36 bits per heavy atom. The molecule has 0 amide bonds. The number of hydroxylamine groups is 2. The normalized spacial score (nSPS) is 25.5. The molecule has 1 heterocycles. The minimum absolute atomic E-state index is 0.372. The van der Waals surface area contributed by atoms with Crippen LogP contribution in [0.2, 0.25) is 0 Å². The summed E-state index contributed by atoms with van der Waals surface area (Å²) in [5.74, 6) is 0. The Morgan fingerprint density at radius 2 is 2.07 bits per heavy atom. The van der Waals surface area contributed by atoms with Gasteiger partial charge in [-0.2, -0.15) is 0 Å². The Hall–Kier alpha value is -0.760. The van der Waals surface area contributed by atoms with E-state index in [0.29, 0.717) is 6.10 Å². The van der Waals surface area contributed by atoms with E-state index in [4.69, 9.17) is 4.84 Å². The van der Waals surface area contributed by atoms with E-state index in [1.54, 1.807) is 11.3 Å². The highest BCUT2D eigenvalue weighted by molar-refractivity contribution is 4.88. The quantitative estimate of drug-likeness (QED) is 0.595. The van der Waals surface area contributed by atoms with Crippen molar-refractivity contribution in [1.29, 1.82) is 0 Å². The Morgan fingerprint density at radius 3 is 2.43 bits per heavy atom. The van der Waals surface area contributed by atoms with Crippen LogP contribution in [0.3, 0.4) is 0 Å². The van der Waals surface area contributed by atoms with E-state index >= 15 is 0 Å². The lowest BCUT2D eigenvalue weighted by Crippen LogP contribution is -2.30. The summed E-state index contributed by atoms with van der Waals surface area (Å²) in [5, 5.41) is 1.80. The summed E-state index contributed by atoms with van der Waals surface area (Å²) in [6, 6.07) is 0. The van der Waals surface area contributed by atoms with E-state index in [1.807, 2.05) is 0 Å². The van der Waals surface area contributed by atoms with Crippen LogP contribution >= 0.6 is 0 Å². The molecule has 0 aromatic heterocycles. The highest BCUT2D eigenvalue weighted by Crippen LogP contribution is 2.12. The lowest BCUT2D eigenvalue weighted by atomic mass is 10.2. The molecular weight excluding hydrogens is 174 g/mol. The monoisotopic (exact) mass is 195 g/mol. The zero-order chi connectivity index (χ0) is 10.2. The fourth-order valence-electron chi connectivity index (χ4n) is 1.59. The highest BCUT2D eigenvalue weighted by Gasteiger charge is 2.12. The molecule has 2 aliphatic rings. The van der Waals surface area contributed by atoms with E-state index < -0.39 is 0 Å². The molecule has 80 valence electrons. The van der Waals surface area contributed by atoms with Gasteiger partial charge in [-0.05, 0) is 39.0 Å². The van der Waals surface area contributed by atoms with Crippen molar-refractivity contribution < 1.29 is 4.84 Å². The predicted molar refractivity (Wildman–Crippen MR) is 59.7 cm³/mol. The van der Waals surface area contributed by atoms with Crippen LogP contribution in [0.1, 0.15) is 39.0 Å². The van der Waals surface area contributed by atoms with Crippen LogP contribution in [0.25, 0.3) is 0 Å². The van der Waals surface area contributed by atoms with Gasteiger partial charge in [0.2, 0.25) is 0 Å². The van der Waals surface area contributed by atoms with Crippen LogP contribution in [-0.4, -0.2) is 17.7 Å². The average molecular weight is 195 g/mol. The fourth-order valence-corrected chi connectivity index (χ4v) is 1.59. The van der Waals surface area contributed by atoms with Gasteiger partial charge in [0.15, 0.2) is 0 Å². The smallest absolute Gasteiger partial charge is 0.0829 e. The number of allylic oxidation sites excluding steroid dienone is 2. The van der Waals surface area contributed by atoms with Gasteiger partial charge in [-0.15, -0.1) is 0 Å². The molecule has 0 aromatic rings. The van der Waals surface area contributed by atoms with Gasteiger partial charge in [-0.25, -0.2) is 0 Å². The predicted octanol–water partition coefficient (Wildman–Crippen LogP) is 3.27. The molecule has 1 aliphatic carbocycles. The molecule has 2 nitrogen and oxygen atoms in total. The molecule has 0 spiro atoms. The third-order valence-electron chi connectivity index (χ3n) is 2.42. The fraction of sp³-hybridized carbons (Fsp3) is 0.667. The maximum atomic E-state index is 5.35. The van der Waals surface area contributed by atoms with Gasteiger partial charge in [0.25, 0.3) is 0 Å². The number of nitrogens with zero attached hydrogens (tertiary/aromatic N) is 1. The SMILES string of the molecule is C1=CCCC1.C=CN1CCCC(C)O1. The molecule has 0 aromatic carbocycles. The molecule has 2 rings (SSSR count). The maximum Gasteiger partial charge on any atom is 0.0829 e. The lowest BCUT2D eigenvalue weighted by molar-refractivity contribution is -0.183. The number of rotatable bonds is 1. The van der Waals surface area contributed by atoms with Crippen LogP contribution in [0, 0.1) is 0 Å². The van der Waals surface area contributed by atoms with Crippen LogP contribution in [-0.2, 0) is 4.84 Å². The summed E-state index contributed by atoms with van der Waals surface area (Å²) >= 11 is 0. The van der Waals surface area contributed by atoms with Gasteiger partial charge in [0, 0.05) is 12.7 Å². The number of hydrogen-bond acceptors (Lipinski definition) is 2. The van der Waals surface area contributed by atoms with E-state index in [2.05, 4.69) is 25.7 Å². The van der Waals surface area contributed by atoms with E-state index in [-0.39, 0.29) is 0 Å². The Labute approximate surface area is 87.2 Å². The van der Waals surface area contributed by atoms with E-state index in [0.717, 1.165) is 6.54 Å². The second-order valence-electron chi connectivity index (χ2n) is 3.78. The molecular formula is C12H21NO. The van der Waals surface area contributed by atoms with Crippen molar-refractivity contribution in [1.82, 2.24) is 5.06 Å². The van der Waals surface area contributed by atoms with Crippen molar-refractivity contribution in [3.8, 4) is 0 Å². The zero-order valence-corrected chi connectivity index (χ0v) is 9.11. The highest BCUT2D eigenvalue weighted by atomic mass is 16.7. The second-order valence-corrected chi connectivity index (χ2v) is 3.78. The Balaban J connectivity index is 0.000000165. The minimum atomic E-state index is 0.372. The molecule has 2 heteroatoms. The zero-order valence-electron chi connectivity index (χ0n) is 9.11. The largest absolute Gasteiger partial charge is 0.271 e. The second kappa shape index (κ2) is 6.66. The Bertz CT molecular complexity index is 183. The summed E-state index contributed by atoms with van der Waals surface area (Å²) in [7, 11) is 0. The van der Waals surface area contributed by atoms with Crippen molar-refractivity contribution in [2.75, 3.05) is 6.54 Å². The third-order valence-corrected chi connectivity index (χ3v) is 2.42. The van der Waals surface area contributed by atoms with Crippen molar-refractivity contribution in [2.45, 2.75) is 45.1 Å². The first-order valence-electron chi connectivity index (χ1n) is 5.54. The first kappa shape index (κ1) is 11.3. The number of hydrogen-bond donors (Lipinski definition) is 0. The Kier molecular flexibility index (Phi) is 5.38. The van der Waals surface area contributed by atoms with Crippen LogP contribution in [0.5, 0.6) is 0 Å². The topological polar surface area (TPSA) is 12.5 Å². The first-order valence-corrected chi connectivity index (χ1v) is 5.54. The minimum Gasteiger partial charge on any atom is -0.271 e. The van der Waals surface area contributed by atoms with Crippen LogP contribution < -0.4 is 0 Å². The van der Waals surface area contributed by atoms with E-state index in [9.17, 15) is 0 Å². The summed E-state index contributed by atoms with van der Waals surface area (Å²) in [5.41, 5.74) is 0. The standard InChI is InChI=1S/C7H13NO.C5H8/c1-3-8-6-4-5-7(2)9-8;1-2-4-5-3-1/h3,7H,1,4-6H2,2H3;1-2H,3-5H2. The molecule has 1 saturated heterocycles. The maximum absolute atomic E-state index is 5.35. The molecule has 14 heavy (non-hydrogen) atoms. The first-order chi connectivity index (χ1) is 6.83. The van der Waals surface area contributed by atoms with Crippen LogP contribution in [0.4, 0.5) is 0 Å². The van der Waals surface area contributed by atoms with Crippen molar-refractivity contribution in [2.24, 2.45) is 0 Å². The van der Waals surface area contributed by atoms with Gasteiger partial charge < -0.3 is 0 Å². The van der Waals surface area contributed by atoms with Gasteiger partial charge in [0.1, 0.15) is 0 Å². The third kappa shape index (κ3) is 4.47. The molecule has 1 atom stereocenters. The molecule has 1 unspecified atom stereocenters. The molecule has 0 saturated carbocycles. The summed E-state index contributed by atoms with van der Waals surface area (Å²) in [4.78, 5) is 5.35. The van der Waals surface area contributed by atoms with Gasteiger partial charge >= 0.3 is 0 Å². The van der Waals surface area contributed by atoms with Crippen LogP contribution in [0.15, 0.2) is 24.9 Å². The summed E-state index contributed by atoms with van der Waals surface area (Å²) < 4.78 is 0. The molecule has 1 aliphatic heterocycles. The lowest BCUT2D eigenvalue weighted by Gasteiger charge is -2.28. The molecule has 0 N–H and O–H groups in total. The summed E-state index contributed by atoms with van der Waals surface area (Å²) in [6.07, 6.45) is 13.0. The van der Waals surface area contributed by atoms with E-state index in [1.165, 1.54) is 32.1 Å². The molecule has 0 bridgehead atoms. The summed E-state index contributed by atoms with van der Waals surface area (Å²) in [6.45, 7) is 6.69.